The highest BCUT2D eigenvalue weighted by atomic mass is 35.5. The molecule has 0 atom stereocenters. The summed E-state index contributed by atoms with van der Waals surface area (Å²) in [5.74, 6) is 0.956. The molecule has 1 aromatic heterocycles. The quantitative estimate of drug-likeness (QED) is 0.644. The minimum Gasteiger partial charge on any atom is -0.497 e. The van der Waals surface area contributed by atoms with Crippen LogP contribution in [0.4, 0.5) is 6.01 Å². The number of ether oxygens (including phenoxy) is 2. The highest BCUT2D eigenvalue weighted by Crippen LogP contribution is 2.29. The first kappa shape index (κ1) is 18.5. The average Bonchev–Trinajstić information content (AvgIpc) is 3.15. The van der Waals surface area contributed by atoms with Crippen molar-refractivity contribution in [3.05, 3.63) is 59.1 Å². The lowest BCUT2D eigenvalue weighted by Crippen LogP contribution is -2.07. The lowest BCUT2D eigenvalue weighted by Gasteiger charge is -2.05. The molecule has 27 heavy (non-hydrogen) atoms. The predicted molar refractivity (Wildman–Crippen MR) is 102 cm³/mol. The molecule has 1 heterocycles. The number of anilines is 1. The summed E-state index contributed by atoms with van der Waals surface area (Å²) in [5, 5.41) is 10.8. The van der Waals surface area contributed by atoms with E-state index in [1.807, 2.05) is 12.1 Å². The molecule has 1 amide bonds. The van der Waals surface area contributed by atoms with E-state index in [-0.39, 0.29) is 11.9 Å². The van der Waals surface area contributed by atoms with Crippen molar-refractivity contribution in [1.82, 2.24) is 10.2 Å². The molecule has 0 saturated heterocycles. The third kappa shape index (κ3) is 4.65. The number of methoxy groups -OCH3 is 2. The van der Waals surface area contributed by atoms with Crippen LogP contribution < -0.4 is 14.8 Å². The molecule has 0 aliphatic heterocycles. The van der Waals surface area contributed by atoms with E-state index in [0.717, 1.165) is 5.56 Å². The summed E-state index contributed by atoms with van der Waals surface area (Å²) in [6.45, 7) is 0. The van der Waals surface area contributed by atoms with Crippen LogP contribution in [0.25, 0.3) is 17.5 Å². The van der Waals surface area contributed by atoms with E-state index in [0.29, 0.717) is 22.1 Å². The van der Waals surface area contributed by atoms with Crippen molar-refractivity contribution >= 4 is 29.6 Å². The first-order valence-corrected chi connectivity index (χ1v) is 8.27. The zero-order valence-corrected chi connectivity index (χ0v) is 15.4. The molecule has 3 rings (SSSR count). The molecule has 0 radical (unpaired) electrons. The molecule has 1 N–H and O–H groups in total. The van der Waals surface area contributed by atoms with Gasteiger partial charge in [0.15, 0.2) is 0 Å². The van der Waals surface area contributed by atoms with Gasteiger partial charge in [-0.2, -0.15) is 0 Å². The van der Waals surface area contributed by atoms with E-state index in [2.05, 4.69) is 15.5 Å². The van der Waals surface area contributed by atoms with Crippen molar-refractivity contribution in [3.8, 4) is 23.0 Å². The van der Waals surface area contributed by atoms with Gasteiger partial charge < -0.3 is 13.9 Å². The number of aromatic nitrogens is 2. The molecule has 0 bridgehead atoms. The molecule has 0 fully saturated rings. The van der Waals surface area contributed by atoms with Crippen molar-refractivity contribution in [2.75, 3.05) is 19.5 Å². The van der Waals surface area contributed by atoms with Crippen LogP contribution in [0.3, 0.4) is 0 Å². The molecular weight excluding hydrogens is 370 g/mol. The number of halogens is 1. The first-order chi connectivity index (χ1) is 13.1. The molecule has 0 aliphatic carbocycles. The fraction of sp³-hybridized carbons (Fsp3) is 0.105. The minimum absolute atomic E-state index is 0.0272. The maximum absolute atomic E-state index is 12.0. The number of nitrogens with zero attached hydrogens (tertiary/aromatic N) is 2. The van der Waals surface area contributed by atoms with E-state index >= 15 is 0 Å². The first-order valence-electron chi connectivity index (χ1n) is 7.89. The summed E-state index contributed by atoms with van der Waals surface area (Å²) >= 11 is 6.04. The lowest BCUT2D eigenvalue weighted by atomic mass is 10.2. The Balaban J connectivity index is 1.73. The maximum atomic E-state index is 12.0. The van der Waals surface area contributed by atoms with E-state index in [4.69, 9.17) is 25.5 Å². The Hall–Kier alpha value is -3.32. The zero-order valence-electron chi connectivity index (χ0n) is 14.6. The van der Waals surface area contributed by atoms with Crippen LogP contribution in [0.2, 0.25) is 5.02 Å². The number of amides is 1. The van der Waals surface area contributed by atoms with Crippen LogP contribution in [-0.2, 0) is 4.79 Å². The zero-order chi connectivity index (χ0) is 19.2. The van der Waals surface area contributed by atoms with Crippen molar-refractivity contribution < 1.29 is 18.7 Å². The SMILES string of the molecule is COc1cc(OC)cc(-c2nnc(NC(=O)C=Cc3ccccc3Cl)o2)c1. The van der Waals surface area contributed by atoms with E-state index in [1.165, 1.54) is 6.08 Å². The van der Waals surface area contributed by atoms with Crippen LogP contribution >= 0.6 is 11.6 Å². The number of hydrogen-bond donors (Lipinski definition) is 1. The molecule has 0 spiro atoms. The second-order valence-corrected chi connectivity index (χ2v) is 5.77. The van der Waals surface area contributed by atoms with Gasteiger partial charge >= 0.3 is 6.01 Å². The smallest absolute Gasteiger partial charge is 0.322 e. The van der Waals surface area contributed by atoms with Crippen LogP contribution in [0, 0.1) is 0 Å². The molecule has 0 aliphatic rings. The van der Waals surface area contributed by atoms with Crippen LogP contribution in [0.1, 0.15) is 5.56 Å². The molecule has 8 heteroatoms. The molecule has 0 saturated carbocycles. The molecule has 2 aromatic carbocycles. The van der Waals surface area contributed by atoms with Gasteiger partial charge in [0.2, 0.25) is 5.89 Å². The van der Waals surface area contributed by atoms with Gasteiger partial charge in [0.1, 0.15) is 11.5 Å². The summed E-state index contributed by atoms with van der Waals surface area (Å²) in [4.78, 5) is 12.0. The van der Waals surface area contributed by atoms with Crippen LogP contribution in [0.5, 0.6) is 11.5 Å². The van der Waals surface area contributed by atoms with Gasteiger partial charge in [-0.25, -0.2) is 0 Å². The Morgan fingerprint density at radius 1 is 1.11 bits per heavy atom. The van der Waals surface area contributed by atoms with E-state index in [1.54, 1.807) is 50.6 Å². The summed E-state index contributed by atoms with van der Waals surface area (Å²) in [6, 6.07) is 12.3. The largest absolute Gasteiger partial charge is 0.497 e. The molecule has 138 valence electrons. The fourth-order valence-corrected chi connectivity index (χ4v) is 2.44. The van der Waals surface area contributed by atoms with Crippen molar-refractivity contribution in [2.24, 2.45) is 0 Å². The number of hydrogen-bond acceptors (Lipinski definition) is 6. The highest BCUT2D eigenvalue weighted by Gasteiger charge is 2.12. The Morgan fingerprint density at radius 3 is 2.48 bits per heavy atom. The van der Waals surface area contributed by atoms with Crippen LogP contribution in [0.15, 0.2) is 53.0 Å². The summed E-state index contributed by atoms with van der Waals surface area (Å²) in [5.41, 5.74) is 1.33. The van der Waals surface area contributed by atoms with Crippen molar-refractivity contribution in [1.29, 1.82) is 0 Å². The average molecular weight is 386 g/mol. The minimum atomic E-state index is -0.423. The molecule has 3 aromatic rings. The second kappa shape index (κ2) is 8.37. The van der Waals surface area contributed by atoms with Gasteiger partial charge in [-0.1, -0.05) is 34.9 Å². The second-order valence-electron chi connectivity index (χ2n) is 5.36. The maximum Gasteiger partial charge on any atom is 0.322 e. The third-order valence-corrected chi connectivity index (χ3v) is 3.92. The monoisotopic (exact) mass is 385 g/mol. The Kier molecular flexibility index (Phi) is 5.73. The van der Waals surface area contributed by atoms with E-state index < -0.39 is 5.91 Å². The Bertz CT molecular complexity index is 962. The van der Waals surface area contributed by atoms with Gasteiger partial charge in [0.05, 0.1) is 14.2 Å². The Morgan fingerprint density at radius 2 is 1.81 bits per heavy atom. The number of nitrogens with one attached hydrogen (secondary N) is 1. The normalized spacial score (nSPS) is 10.8. The van der Waals surface area contributed by atoms with Gasteiger partial charge in [-0.3, -0.25) is 10.1 Å². The predicted octanol–water partition coefficient (Wildman–Crippen LogP) is 4.06. The number of carbonyl (C=O) groups excluding carboxylic acids is 1. The molecule has 0 unspecified atom stereocenters. The number of benzene rings is 2. The van der Waals surface area contributed by atoms with Crippen molar-refractivity contribution in [2.45, 2.75) is 0 Å². The lowest BCUT2D eigenvalue weighted by molar-refractivity contribution is -0.112. The van der Waals surface area contributed by atoms with Gasteiger partial charge in [-0.05, 0) is 29.8 Å². The van der Waals surface area contributed by atoms with Crippen LogP contribution in [-0.4, -0.2) is 30.3 Å². The van der Waals surface area contributed by atoms with Crippen molar-refractivity contribution in [3.63, 3.8) is 0 Å². The molecule has 7 nitrogen and oxygen atoms in total. The fourth-order valence-electron chi connectivity index (χ4n) is 2.24. The summed E-state index contributed by atoms with van der Waals surface area (Å²) in [6.07, 6.45) is 2.93. The Labute approximate surface area is 160 Å². The number of carbonyl (C=O) groups is 1. The summed E-state index contributed by atoms with van der Waals surface area (Å²) < 4.78 is 15.9. The topological polar surface area (TPSA) is 86.5 Å². The van der Waals surface area contributed by atoms with Gasteiger partial charge in [0, 0.05) is 22.7 Å². The molecular formula is C19H16ClN3O4. The van der Waals surface area contributed by atoms with Gasteiger partial charge in [0.25, 0.3) is 5.91 Å². The van der Waals surface area contributed by atoms with E-state index in [9.17, 15) is 4.79 Å². The standard InChI is InChI=1S/C19H16ClN3O4/c1-25-14-9-13(10-15(11-14)26-2)18-22-23-19(27-18)21-17(24)8-7-12-5-3-4-6-16(12)20/h3-11H,1-2H3,(H,21,23,24). The number of rotatable bonds is 6. The summed E-state index contributed by atoms with van der Waals surface area (Å²) in [7, 11) is 3.09. The highest BCUT2D eigenvalue weighted by molar-refractivity contribution is 6.32. The van der Waals surface area contributed by atoms with Gasteiger partial charge in [-0.15, -0.1) is 5.10 Å². The third-order valence-electron chi connectivity index (χ3n) is 3.57.